The Morgan fingerprint density at radius 3 is 2.52 bits per heavy atom. The largest absolute Gasteiger partial charge is 0.454 e. The lowest BCUT2D eigenvalue weighted by atomic mass is 10.2. The number of rotatable bonds is 6. The summed E-state index contributed by atoms with van der Waals surface area (Å²) in [5.74, 6) is 1.33. The van der Waals surface area contributed by atoms with Crippen LogP contribution in [0.2, 0.25) is 0 Å². The zero-order valence-corrected chi connectivity index (χ0v) is 15.9. The average Bonchev–Trinajstić information content (AvgIpc) is 3.12. The highest BCUT2D eigenvalue weighted by atomic mass is 32.2. The maximum Gasteiger partial charge on any atom is 0.315 e. The van der Waals surface area contributed by atoms with Gasteiger partial charge in [-0.3, -0.25) is 0 Å². The number of carbonyl (C=O) groups excluding carboxylic acids is 1. The molecule has 2 N–H and O–H groups in total. The number of amides is 2. The third kappa shape index (κ3) is 4.32. The van der Waals surface area contributed by atoms with Gasteiger partial charge in [-0.15, -0.1) is 0 Å². The smallest absolute Gasteiger partial charge is 0.315 e. The third-order valence-electron chi connectivity index (χ3n) is 4.06. The molecule has 0 fully saturated rings. The highest BCUT2D eigenvalue weighted by molar-refractivity contribution is 7.89. The molecule has 0 radical (unpaired) electrons. The molecule has 2 aromatic carbocycles. The lowest BCUT2D eigenvalue weighted by molar-refractivity contribution is 0.174. The molecule has 0 saturated heterocycles. The Hall–Kier alpha value is -2.78. The Labute approximate surface area is 158 Å². The van der Waals surface area contributed by atoms with Crippen LogP contribution < -0.4 is 20.1 Å². The Morgan fingerprint density at radius 1 is 1.04 bits per heavy atom. The number of carbonyl (C=O) groups is 1. The van der Waals surface area contributed by atoms with E-state index in [0.717, 1.165) is 9.87 Å². The standard InChI is InChI=1S/C18H21N3O5S/c1-21(2)27(23,24)17-6-4-3-5-14(17)11-20-18(22)19-10-13-7-8-15-16(9-13)26-12-25-15/h3-9H,10-12H2,1-2H3,(H2,19,20,22). The minimum absolute atomic E-state index is 0.0935. The molecule has 0 aromatic heterocycles. The molecule has 2 aromatic rings. The number of sulfonamides is 1. The summed E-state index contributed by atoms with van der Waals surface area (Å²) >= 11 is 0. The molecular formula is C18H21N3O5S. The molecule has 9 heteroatoms. The van der Waals surface area contributed by atoms with Crippen LogP contribution in [0.5, 0.6) is 11.5 Å². The van der Waals surface area contributed by atoms with Crippen LogP contribution in [0.4, 0.5) is 4.79 Å². The number of hydrogen-bond acceptors (Lipinski definition) is 5. The fourth-order valence-electron chi connectivity index (χ4n) is 2.57. The predicted octanol–water partition coefficient (Wildman–Crippen LogP) is 1.66. The number of hydrogen-bond donors (Lipinski definition) is 2. The van der Waals surface area contributed by atoms with E-state index >= 15 is 0 Å². The van der Waals surface area contributed by atoms with Crippen molar-refractivity contribution in [2.45, 2.75) is 18.0 Å². The first kappa shape index (κ1) is 19.0. The minimum atomic E-state index is -3.58. The van der Waals surface area contributed by atoms with Crippen molar-refractivity contribution in [2.75, 3.05) is 20.9 Å². The Morgan fingerprint density at radius 2 is 1.74 bits per heavy atom. The summed E-state index contributed by atoms with van der Waals surface area (Å²) in [5, 5.41) is 5.42. The maximum atomic E-state index is 12.4. The van der Waals surface area contributed by atoms with E-state index in [0.29, 0.717) is 23.6 Å². The lowest BCUT2D eigenvalue weighted by Gasteiger charge is -2.15. The minimum Gasteiger partial charge on any atom is -0.454 e. The van der Waals surface area contributed by atoms with Crippen LogP contribution in [0.3, 0.4) is 0 Å². The van der Waals surface area contributed by atoms with Crippen LogP contribution in [-0.2, 0) is 23.1 Å². The van der Waals surface area contributed by atoms with Gasteiger partial charge in [0.2, 0.25) is 16.8 Å². The van der Waals surface area contributed by atoms with E-state index < -0.39 is 16.1 Å². The monoisotopic (exact) mass is 391 g/mol. The SMILES string of the molecule is CN(C)S(=O)(=O)c1ccccc1CNC(=O)NCc1ccc2c(c1)OCO2. The van der Waals surface area contributed by atoms with Gasteiger partial charge in [0, 0.05) is 27.2 Å². The molecule has 0 spiro atoms. The topological polar surface area (TPSA) is 97.0 Å². The van der Waals surface area contributed by atoms with E-state index in [2.05, 4.69) is 10.6 Å². The van der Waals surface area contributed by atoms with Gasteiger partial charge in [-0.2, -0.15) is 0 Å². The second-order valence-corrected chi connectivity index (χ2v) is 8.24. The van der Waals surface area contributed by atoms with Crippen LogP contribution in [0.15, 0.2) is 47.4 Å². The molecule has 0 bridgehead atoms. The number of ether oxygens (including phenoxy) is 2. The predicted molar refractivity (Wildman–Crippen MR) is 99.0 cm³/mol. The molecule has 144 valence electrons. The van der Waals surface area contributed by atoms with E-state index in [4.69, 9.17) is 9.47 Å². The van der Waals surface area contributed by atoms with E-state index in [9.17, 15) is 13.2 Å². The zero-order valence-electron chi connectivity index (χ0n) is 15.1. The second-order valence-electron chi connectivity index (χ2n) is 6.12. The average molecular weight is 391 g/mol. The highest BCUT2D eigenvalue weighted by Crippen LogP contribution is 2.32. The number of urea groups is 1. The molecule has 1 aliphatic heterocycles. The summed E-state index contributed by atoms with van der Waals surface area (Å²) in [5.41, 5.74) is 1.38. The van der Waals surface area contributed by atoms with E-state index in [1.807, 2.05) is 12.1 Å². The summed E-state index contributed by atoms with van der Waals surface area (Å²) < 4.78 is 36.4. The van der Waals surface area contributed by atoms with Gasteiger partial charge in [0.1, 0.15) is 0 Å². The van der Waals surface area contributed by atoms with Crippen molar-refractivity contribution in [3.05, 3.63) is 53.6 Å². The van der Waals surface area contributed by atoms with Gasteiger partial charge in [0.05, 0.1) is 4.90 Å². The molecule has 0 saturated carbocycles. The van der Waals surface area contributed by atoms with Gasteiger partial charge >= 0.3 is 6.03 Å². The number of nitrogens with one attached hydrogen (secondary N) is 2. The van der Waals surface area contributed by atoms with Gasteiger partial charge in [0.25, 0.3) is 0 Å². The third-order valence-corrected chi connectivity index (χ3v) is 5.98. The summed E-state index contributed by atoms with van der Waals surface area (Å²) in [6.07, 6.45) is 0. The molecule has 8 nitrogen and oxygen atoms in total. The Kier molecular flexibility index (Phi) is 5.52. The van der Waals surface area contributed by atoms with Crippen LogP contribution in [0, 0.1) is 0 Å². The second kappa shape index (κ2) is 7.85. The van der Waals surface area contributed by atoms with Crippen molar-refractivity contribution in [2.24, 2.45) is 0 Å². The van der Waals surface area contributed by atoms with Crippen molar-refractivity contribution in [1.82, 2.24) is 14.9 Å². The summed E-state index contributed by atoms with van der Waals surface area (Å²) in [7, 11) is -0.641. The fourth-order valence-corrected chi connectivity index (χ4v) is 3.68. The van der Waals surface area contributed by atoms with Crippen molar-refractivity contribution in [3.63, 3.8) is 0 Å². The number of nitrogens with zero attached hydrogens (tertiary/aromatic N) is 1. The van der Waals surface area contributed by atoms with E-state index in [1.165, 1.54) is 20.2 Å². The van der Waals surface area contributed by atoms with Crippen LogP contribution >= 0.6 is 0 Å². The maximum absolute atomic E-state index is 12.4. The van der Waals surface area contributed by atoms with Gasteiger partial charge in [0.15, 0.2) is 11.5 Å². The molecule has 27 heavy (non-hydrogen) atoms. The highest BCUT2D eigenvalue weighted by Gasteiger charge is 2.20. The molecular weight excluding hydrogens is 370 g/mol. The first-order valence-corrected chi connectivity index (χ1v) is 9.72. The fraction of sp³-hybridized carbons (Fsp3) is 0.278. The molecule has 2 amide bonds. The van der Waals surface area contributed by atoms with Crippen LogP contribution in [0.25, 0.3) is 0 Å². The van der Waals surface area contributed by atoms with Gasteiger partial charge in [-0.1, -0.05) is 24.3 Å². The number of fused-ring (bicyclic) bond motifs is 1. The molecule has 3 rings (SSSR count). The zero-order chi connectivity index (χ0) is 19.4. The van der Waals surface area contributed by atoms with Gasteiger partial charge < -0.3 is 20.1 Å². The first-order valence-electron chi connectivity index (χ1n) is 8.28. The van der Waals surface area contributed by atoms with Crippen LogP contribution in [0.1, 0.15) is 11.1 Å². The summed E-state index contributed by atoms with van der Waals surface area (Å²) in [6.45, 7) is 0.596. The van der Waals surface area contributed by atoms with E-state index in [1.54, 1.807) is 24.3 Å². The molecule has 0 unspecified atom stereocenters. The quantitative estimate of drug-likeness (QED) is 0.781. The van der Waals surface area contributed by atoms with Gasteiger partial charge in [-0.25, -0.2) is 17.5 Å². The Balaban J connectivity index is 1.58. The first-order chi connectivity index (χ1) is 12.9. The van der Waals surface area contributed by atoms with E-state index in [-0.39, 0.29) is 18.2 Å². The van der Waals surface area contributed by atoms with Crippen molar-refractivity contribution >= 4 is 16.1 Å². The Bertz CT molecular complexity index is 944. The molecule has 1 heterocycles. The van der Waals surface area contributed by atoms with Crippen molar-refractivity contribution < 1.29 is 22.7 Å². The van der Waals surface area contributed by atoms with Crippen molar-refractivity contribution in [3.8, 4) is 11.5 Å². The molecule has 0 atom stereocenters. The molecule has 1 aliphatic rings. The summed E-state index contributed by atoms with van der Waals surface area (Å²) in [6, 6.07) is 11.6. The molecule has 0 aliphatic carbocycles. The van der Waals surface area contributed by atoms with Crippen LogP contribution in [-0.4, -0.2) is 39.6 Å². The number of benzene rings is 2. The normalized spacial score (nSPS) is 12.9. The van der Waals surface area contributed by atoms with Crippen molar-refractivity contribution in [1.29, 1.82) is 0 Å². The van der Waals surface area contributed by atoms with Gasteiger partial charge in [-0.05, 0) is 29.3 Å². The lowest BCUT2D eigenvalue weighted by Crippen LogP contribution is -2.35. The summed E-state index contributed by atoms with van der Waals surface area (Å²) in [4.78, 5) is 12.3.